The van der Waals surface area contributed by atoms with Crippen LogP contribution in [0.3, 0.4) is 0 Å². The first-order valence-corrected chi connectivity index (χ1v) is 8.23. The van der Waals surface area contributed by atoms with Gasteiger partial charge in [-0.3, -0.25) is 24.5 Å². The summed E-state index contributed by atoms with van der Waals surface area (Å²) in [7, 11) is 0. The van der Waals surface area contributed by atoms with Gasteiger partial charge >= 0.3 is 0 Å². The average molecular weight is 390 g/mol. The molecular formula is C18H16ClN3O5. The lowest BCUT2D eigenvalue weighted by Gasteiger charge is -2.14. The highest BCUT2D eigenvalue weighted by molar-refractivity contribution is 6.32. The minimum absolute atomic E-state index is 0.00401. The van der Waals surface area contributed by atoms with E-state index in [2.05, 4.69) is 10.6 Å². The Morgan fingerprint density at radius 2 is 1.81 bits per heavy atom. The number of anilines is 1. The van der Waals surface area contributed by atoms with Crippen molar-refractivity contribution in [3.63, 3.8) is 0 Å². The van der Waals surface area contributed by atoms with Crippen LogP contribution in [0, 0.1) is 10.1 Å². The standard InChI is InChI=1S/C18H16ClN3O5/c1-10(17(24)21-14-5-3-4-12(8-14)11(2)23)20-18(25)13-6-7-15(19)16(9-13)22(26)27/h3-10H,1-2H3,(H,20,25)(H,21,24)/t10-/m0/s1. The molecule has 2 rings (SSSR count). The monoisotopic (exact) mass is 389 g/mol. The van der Waals surface area contributed by atoms with Gasteiger partial charge in [-0.05, 0) is 38.1 Å². The summed E-state index contributed by atoms with van der Waals surface area (Å²) in [6.45, 7) is 2.88. The van der Waals surface area contributed by atoms with Crippen LogP contribution in [0.2, 0.25) is 5.02 Å². The number of nitro groups is 1. The minimum Gasteiger partial charge on any atom is -0.341 e. The molecule has 2 aromatic rings. The molecule has 0 bridgehead atoms. The van der Waals surface area contributed by atoms with Crippen LogP contribution in [-0.2, 0) is 4.79 Å². The van der Waals surface area contributed by atoms with Crippen molar-refractivity contribution in [1.82, 2.24) is 5.32 Å². The second-order valence-corrected chi connectivity index (χ2v) is 6.15. The predicted molar refractivity (Wildman–Crippen MR) is 100 cm³/mol. The normalized spacial score (nSPS) is 11.4. The molecule has 0 unspecified atom stereocenters. The minimum atomic E-state index is -0.923. The van der Waals surface area contributed by atoms with E-state index in [0.717, 1.165) is 6.07 Å². The topological polar surface area (TPSA) is 118 Å². The average Bonchev–Trinajstić information content (AvgIpc) is 2.61. The highest BCUT2D eigenvalue weighted by atomic mass is 35.5. The zero-order chi connectivity index (χ0) is 20.1. The Kier molecular flexibility index (Phi) is 6.25. The molecule has 0 aliphatic heterocycles. The molecule has 27 heavy (non-hydrogen) atoms. The first-order chi connectivity index (χ1) is 12.7. The number of nitrogens with one attached hydrogen (secondary N) is 2. The third-order valence-corrected chi connectivity index (χ3v) is 4.00. The molecular weight excluding hydrogens is 374 g/mol. The fourth-order valence-corrected chi connectivity index (χ4v) is 2.39. The maximum Gasteiger partial charge on any atom is 0.288 e. The third-order valence-electron chi connectivity index (χ3n) is 3.68. The maximum atomic E-state index is 12.2. The molecule has 9 heteroatoms. The van der Waals surface area contributed by atoms with Gasteiger partial charge in [-0.2, -0.15) is 0 Å². The number of hydrogen-bond acceptors (Lipinski definition) is 5. The molecule has 2 aromatic carbocycles. The summed E-state index contributed by atoms with van der Waals surface area (Å²) in [4.78, 5) is 46.1. The van der Waals surface area contributed by atoms with Crippen LogP contribution in [0.4, 0.5) is 11.4 Å². The first kappa shape index (κ1) is 20.1. The van der Waals surface area contributed by atoms with Crippen LogP contribution < -0.4 is 10.6 Å². The van der Waals surface area contributed by atoms with Crippen LogP contribution in [0.15, 0.2) is 42.5 Å². The van der Waals surface area contributed by atoms with E-state index < -0.39 is 28.5 Å². The van der Waals surface area contributed by atoms with Crippen molar-refractivity contribution in [2.45, 2.75) is 19.9 Å². The van der Waals surface area contributed by atoms with Gasteiger partial charge in [0.05, 0.1) is 4.92 Å². The molecule has 8 nitrogen and oxygen atoms in total. The molecule has 2 N–H and O–H groups in total. The number of halogens is 1. The van der Waals surface area contributed by atoms with Crippen LogP contribution in [-0.4, -0.2) is 28.6 Å². The molecule has 0 radical (unpaired) electrons. The van der Waals surface area contributed by atoms with Crippen molar-refractivity contribution in [3.05, 3.63) is 68.7 Å². The predicted octanol–water partition coefficient (Wildman–Crippen LogP) is 3.21. The largest absolute Gasteiger partial charge is 0.341 e. The molecule has 140 valence electrons. The van der Waals surface area contributed by atoms with E-state index >= 15 is 0 Å². The van der Waals surface area contributed by atoms with Gasteiger partial charge in [0.2, 0.25) is 5.91 Å². The summed E-state index contributed by atoms with van der Waals surface area (Å²) in [5, 5.41) is 15.9. The zero-order valence-corrected chi connectivity index (χ0v) is 15.2. The first-order valence-electron chi connectivity index (χ1n) is 7.85. The van der Waals surface area contributed by atoms with Gasteiger partial charge in [0.15, 0.2) is 5.78 Å². The number of benzene rings is 2. The Morgan fingerprint density at radius 1 is 1.11 bits per heavy atom. The van der Waals surface area contributed by atoms with Gasteiger partial charge in [0.25, 0.3) is 11.6 Å². The molecule has 1 atom stereocenters. The second-order valence-electron chi connectivity index (χ2n) is 5.74. The van der Waals surface area contributed by atoms with Crippen molar-refractivity contribution in [1.29, 1.82) is 0 Å². The van der Waals surface area contributed by atoms with E-state index in [1.54, 1.807) is 18.2 Å². The molecule has 0 aliphatic rings. The number of nitro benzene ring substituents is 1. The van der Waals surface area contributed by atoms with Crippen molar-refractivity contribution >= 4 is 40.6 Å². The fourth-order valence-electron chi connectivity index (χ4n) is 2.21. The lowest BCUT2D eigenvalue weighted by molar-refractivity contribution is -0.384. The van der Waals surface area contributed by atoms with Crippen LogP contribution >= 0.6 is 11.6 Å². The molecule has 0 heterocycles. The highest BCUT2D eigenvalue weighted by Gasteiger charge is 2.20. The smallest absolute Gasteiger partial charge is 0.288 e. The van der Waals surface area contributed by atoms with Crippen LogP contribution in [0.5, 0.6) is 0 Å². The Labute approximate surface area is 159 Å². The van der Waals surface area contributed by atoms with Crippen molar-refractivity contribution in [2.75, 3.05) is 5.32 Å². The Bertz CT molecular complexity index is 929. The zero-order valence-electron chi connectivity index (χ0n) is 14.5. The Hall–Kier alpha value is -3.26. The Balaban J connectivity index is 2.07. The van der Waals surface area contributed by atoms with Gasteiger partial charge in [-0.1, -0.05) is 23.7 Å². The molecule has 0 saturated carbocycles. The number of Topliss-reactive ketones (excluding diaryl/α,β-unsaturated/α-hetero) is 1. The lowest BCUT2D eigenvalue weighted by Crippen LogP contribution is -2.41. The fraction of sp³-hybridized carbons (Fsp3) is 0.167. The quantitative estimate of drug-likeness (QED) is 0.446. The van der Waals surface area contributed by atoms with E-state index in [-0.39, 0.29) is 16.4 Å². The van der Waals surface area contributed by atoms with Crippen molar-refractivity contribution in [3.8, 4) is 0 Å². The summed E-state index contributed by atoms with van der Waals surface area (Å²) in [6, 6.07) is 9.07. The molecule has 0 aliphatic carbocycles. The number of nitrogens with zero attached hydrogens (tertiary/aromatic N) is 1. The van der Waals surface area contributed by atoms with E-state index in [1.165, 1.54) is 32.0 Å². The highest BCUT2D eigenvalue weighted by Crippen LogP contribution is 2.25. The lowest BCUT2D eigenvalue weighted by atomic mass is 10.1. The van der Waals surface area contributed by atoms with Crippen LogP contribution in [0.1, 0.15) is 34.6 Å². The van der Waals surface area contributed by atoms with Gasteiger partial charge in [-0.25, -0.2) is 0 Å². The number of carbonyl (C=O) groups excluding carboxylic acids is 3. The number of hydrogen-bond donors (Lipinski definition) is 2. The summed E-state index contributed by atoms with van der Waals surface area (Å²) in [5.41, 5.74) is 0.459. The number of rotatable bonds is 6. The summed E-state index contributed by atoms with van der Waals surface area (Å²) in [6.07, 6.45) is 0. The molecule has 0 spiro atoms. The van der Waals surface area contributed by atoms with E-state index in [9.17, 15) is 24.5 Å². The molecule has 0 saturated heterocycles. The molecule has 0 aromatic heterocycles. The van der Waals surface area contributed by atoms with Gasteiger partial charge in [-0.15, -0.1) is 0 Å². The Morgan fingerprint density at radius 3 is 2.44 bits per heavy atom. The van der Waals surface area contributed by atoms with E-state index in [4.69, 9.17) is 11.6 Å². The number of ketones is 1. The van der Waals surface area contributed by atoms with Crippen molar-refractivity contribution < 1.29 is 19.3 Å². The van der Waals surface area contributed by atoms with Gasteiger partial charge in [0.1, 0.15) is 11.1 Å². The van der Waals surface area contributed by atoms with Gasteiger partial charge < -0.3 is 10.6 Å². The van der Waals surface area contributed by atoms with Crippen LogP contribution in [0.25, 0.3) is 0 Å². The summed E-state index contributed by atoms with van der Waals surface area (Å²) < 4.78 is 0. The van der Waals surface area contributed by atoms with E-state index in [1.807, 2.05) is 0 Å². The number of amides is 2. The van der Waals surface area contributed by atoms with Crippen molar-refractivity contribution in [2.24, 2.45) is 0 Å². The van der Waals surface area contributed by atoms with Gasteiger partial charge in [0, 0.05) is 22.9 Å². The second kappa shape index (κ2) is 8.41. The third kappa shape index (κ3) is 5.11. The summed E-state index contributed by atoms with van der Waals surface area (Å²) >= 11 is 5.72. The summed E-state index contributed by atoms with van der Waals surface area (Å²) in [5.74, 6) is -1.31. The number of carbonyl (C=O) groups is 3. The molecule has 0 fully saturated rings. The van der Waals surface area contributed by atoms with E-state index in [0.29, 0.717) is 11.3 Å². The SMILES string of the molecule is CC(=O)c1cccc(NC(=O)[C@H](C)NC(=O)c2ccc(Cl)c([N+](=O)[O-])c2)c1. The maximum absolute atomic E-state index is 12.2. The molecule has 2 amide bonds.